The fourth-order valence-electron chi connectivity index (χ4n) is 4.43. The molecule has 0 saturated carbocycles. The van der Waals surface area contributed by atoms with Gasteiger partial charge in [0.25, 0.3) is 11.7 Å². The van der Waals surface area contributed by atoms with Gasteiger partial charge >= 0.3 is 0 Å². The number of likely N-dealkylation sites (tertiary alicyclic amines) is 1. The number of hydrogen-bond acceptors (Lipinski definition) is 4. The lowest BCUT2D eigenvalue weighted by atomic mass is 9.84. The number of Topliss-reactive ketones (excluding diaryl/α,β-unsaturated/α-hetero) is 1. The highest BCUT2D eigenvalue weighted by molar-refractivity contribution is 6.46. The molecule has 1 aliphatic rings. The molecule has 4 rings (SSSR count). The first kappa shape index (κ1) is 22.8. The van der Waals surface area contributed by atoms with Crippen LogP contribution in [0.1, 0.15) is 49.1 Å². The highest BCUT2D eigenvalue weighted by Gasteiger charge is 2.46. The number of ether oxygens (including phenoxy) is 1. The maximum atomic E-state index is 13.3. The summed E-state index contributed by atoms with van der Waals surface area (Å²) in [6.45, 7) is 8.70. The van der Waals surface area contributed by atoms with Gasteiger partial charge in [0.2, 0.25) is 0 Å². The maximum Gasteiger partial charge on any atom is 0.295 e. The Morgan fingerprint density at radius 1 is 1.15 bits per heavy atom. The van der Waals surface area contributed by atoms with Crippen molar-refractivity contribution in [3.8, 4) is 0 Å². The van der Waals surface area contributed by atoms with E-state index in [1.807, 2.05) is 55.6 Å². The first-order valence-corrected chi connectivity index (χ1v) is 11.1. The van der Waals surface area contributed by atoms with Crippen LogP contribution >= 0.6 is 0 Å². The number of aromatic amines is 1. The number of nitrogens with zero attached hydrogens (tertiary/aromatic N) is 1. The minimum atomic E-state index is -0.714. The molecule has 1 amide bonds. The molecule has 2 heterocycles. The third-order valence-electron chi connectivity index (χ3n) is 6.35. The van der Waals surface area contributed by atoms with E-state index < -0.39 is 17.7 Å². The molecule has 6 heteroatoms. The summed E-state index contributed by atoms with van der Waals surface area (Å²) in [5, 5.41) is 12.4. The summed E-state index contributed by atoms with van der Waals surface area (Å²) in [6, 6.07) is 12.9. The van der Waals surface area contributed by atoms with E-state index in [0.717, 1.165) is 27.6 Å². The van der Waals surface area contributed by atoms with Crippen LogP contribution in [-0.2, 0) is 19.7 Å². The smallest absolute Gasteiger partial charge is 0.295 e. The zero-order valence-electron chi connectivity index (χ0n) is 19.7. The molecule has 172 valence electrons. The molecule has 1 unspecified atom stereocenters. The van der Waals surface area contributed by atoms with Gasteiger partial charge in [-0.1, -0.05) is 51.1 Å². The molecular weight excluding hydrogens is 416 g/mol. The number of rotatable bonds is 5. The first-order valence-electron chi connectivity index (χ1n) is 11.1. The maximum absolute atomic E-state index is 13.3. The van der Waals surface area contributed by atoms with Gasteiger partial charge < -0.3 is 19.7 Å². The summed E-state index contributed by atoms with van der Waals surface area (Å²) in [5.74, 6) is -1.46. The lowest BCUT2D eigenvalue weighted by molar-refractivity contribution is -0.140. The number of carbonyl (C=O) groups excluding carboxylic acids is 2. The van der Waals surface area contributed by atoms with Crippen LogP contribution in [0.5, 0.6) is 0 Å². The largest absolute Gasteiger partial charge is 0.507 e. The average Bonchev–Trinajstić information content (AvgIpc) is 3.30. The van der Waals surface area contributed by atoms with E-state index in [1.165, 1.54) is 4.90 Å². The van der Waals surface area contributed by atoms with Crippen LogP contribution in [0.4, 0.5) is 0 Å². The molecule has 0 bridgehead atoms. The number of hydrogen-bond donors (Lipinski definition) is 2. The molecular formula is C27H30N2O4. The number of amides is 1. The van der Waals surface area contributed by atoms with Gasteiger partial charge in [0, 0.05) is 41.9 Å². The minimum absolute atomic E-state index is 0.106. The monoisotopic (exact) mass is 446 g/mol. The zero-order chi connectivity index (χ0) is 23.9. The summed E-state index contributed by atoms with van der Waals surface area (Å²) in [5.41, 5.74) is 4.08. The van der Waals surface area contributed by atoms with Crippen LogP contribution < -0.4 is 0 Å². The number of aliphatic hydroxyl groups excluding tert-OH is 1. The lowest BCUT2D eigenvalue weighted by Crippen LogP contribution is -2.32. The zero-order valence-corrected chi connectivity index (χ0v) is 19.7. The van der Waals surface area contributed by atoms with Crippen LogP contribution in [0, 0.1) is 6.92 Å². The van der Waals surface area contributed by atoms with Crippen LogP contribution in [0.3, 0.4) is 0 Å². The predicted molar refractivity (Wildman–Crippen MR) is 129 cm³/mol. The summed E-state index contributed by atoms with van der Waals surface area (Å²) in [7, 11) is 1.55. The molecule has 1 atom stereocenters. The fraction of sp³-hybridized carbons (Fsp3) is 0.333. The quantitative estimate of drug-likeness (QED) is 0.334. The van der Waals surface area contributed by atoms with Gasteiger partial charge in [0.05, 0.1) is 18.2 Å². The van der Waals surface area contributed by atoms with Crippen molar-refractivity contribution in [3.05, 3.63) is 76.5 Å². The molecule has 2 N–H and O–H groups in total. The summed E-state index contributed by atoms with van der Waals surface area (Å²) >= 11 is 0. The van der Waals surface area contributed by atoms with E-state index in [1.54, 1.807) is 7.11 Å². The fourth-order valence-corrected chi connectivity index (χ4v) is 4.43. The Bertz CT molecular complexity index is 1260. The second kappa shape index (κ2) is 8.52. The van der Waals surface area contributed by atoms with Gasteiger partial charge in [-0.15, -0.1) is 0 Å². The van der Waals surface area contributed by atoms with E-state index in [9.17, 15) is 14.7 Å². The number of methoxy groups -OCH3 is 1. The Balaban J connectivity index is 1.96. The van der Waals surface area contributed by atoms with E-state index >= 15 is 0 Å². The average molecular weight is 447 g/mol. The molecule has 1 aliphatic heterocycles. The predicted octanol–water partition coefficient (Wildman–Crippen LogP) is 4.84. The van der Waals surface area contributed by atoms with E-state index in [0.29, 0.717) is 5.56 Å². The number of aromatic nitrogens is 1. The number of aliphatic hydroxyl groups is 1. The molecule has 1 aromatic heterocycles. The number of carbonyl (C=O) groups is 2. The van der Waals surface area contributed by atoms with Gasteiger partial charge in [-0.2, -0.15) is 0 Å². The van der Waals surface area contributed by atoms with Gasteiger partial charge in [-0.05, 0) is 35.6 Å². The first-order chi connectivity index (χ1) is 15.6. The molecule has 0 radical (unpaired) electrons. The summed E-state index contributed by atoms with van der Waals surface area (Å²) in [6.07, 6.45) is 1.81. The van der Waals surface area contributed by atoms with Crippen LogP contribution in [-0.4, -0.2) is 46.9 Å². The lowest BCUT2D eigenvalue weighted by Gasteiger charge is -2.25. The third kappa shape index (κ3) is 3.95. The number of nitrogens with one attached hydrogen (secondary N) is 1. The van der Waals surface area contributed by atoms with Gasteiger partial charge in [-0.3, -0.25) is 9.59 Å². The van der Waals surface area contributed by atoms with Crippen LogP contribution in [0.2, 0.25) is 0 Å². The van der Waals surface area contributed by atoms with Crippen molar-refractivity contribution in [2.24, 2.45) is 0 Å². The van der Waals surface area contributed by atoms with Gasteiger partial charge in [-0.25, -0.2) is 0 Å². The Morgan fingerprint density at radius 3 is 2.58 bits per heavy atom. The summed E-state index contributed by atoms with van der Waals surface area (Å²) < 4.78 is 5.20. The normalized spacial score (nSPS) is 18.5. The molecule has 2 aromatic carbocycles. The van der Waals surface area contributed by atoms with Gasteiger partial charge in [0.15, 0.2) is 0 Å². The van der Waals surface area contributed by atoms with Gasteiger partial charge in [0.1, 0.15) is 5.76 Å². The Labute approximate surface area is 193 Å². The van der Waals surface area contributed by atoms with Crippen molar-refractivity contribution in [2.75, 3.05) is 20.3 Å². The Morgan fingerprint density at radius 2 is 1.88 bits per heavy atom. The van der Waals surface area contributed by atoms with Crippen molar-refractivity contribution in [3.63, 3.8) is 0 Å². The standard InChI is InChI=1S/C27H30N2O4/c1-16-10-11-17(27(2,3)4)14-19(16)24(30)22-23(29(12-13-33-5)26(32)25(22)31)20-15-28-21-9-7-6-8-18(20)21/h6-11,14-15,23,28,30H,12-13H2,1-5H3/b24-22+. The van der Waals surface area contributed by atoms with Crippen molar-refractivity contribution in [2.45, 2.75) is 39.2 Å². The summed E-state index contributed by atoms with van der Waals surface area (Å²) in [4.78, 5) is 31.1. The Kier molecular flexibility index (Phi) is 5.89. The molecule has 3 aromatic rings. The highest BCUT2D eigenvalue weighted by atomic mass is 16.5. The Hall–Kier alpha value is -3.38. The van der Waals surface area contributed by atoms with Crippen molar-refractivity contribution < 1.29 is 19.4 Å². The highest BCUT2D eigenvalue weighted by Crippen LogP contribution is 2.42. The third-order valence-corrected chi connectivity index (χ3v) is 6.35. The molecule has 6 nitrogen and oxygen atoms in total. The topological polar surface area (TPSA) is 82.6 Å². The minimum Gasteiger partial charge on any atom is -0.507 e. The van der Waals surface area contributed by atoms with Crippen molar-refractivity contribution in [1.82, 2.24) is 9.88 Å². The number of benzene rings is 2. The SMILES string of the molecule is COCCN1C(=O)C(=O)/C(=C(/O)c2cc(C(C)(C)C)ccc2C)C1c1c[nH]c2ccccc12. The number of aryl methyl sites for hydroxylation is 1. The number of fused-ring (bicyclic) bond motifs is 1. The number of para-hydroxylation sites is 1. The molecule has 0 spiro atoms. The molecule has 0 aliphatic carbocycles. The molecule has 33 heavy (non-hydrogen) atoms. The second-order valence-electron chi connectivity index (χ2n) is 9.55. The molecule has 1 saturated heterocycles. The van der Waals surface area contributed by atoms with E-state index in [-0.39, 0.29) is 29.9 Å². The number of H-pyrrole nitrogens is 1. The van der Waals surface area contributed by atoms with Crippen LogP contribution in [0.15, 0.2) is 54.2 Å². The van der Waals surface area contributed by atoms with Crippen LogP contribution in [0.25, 0.3) is 16.7 Å². The molecule has 1 fully saturated rings. The van der Waals surface area contributed by atoms with E-state index in [2.05, 4.69) is 25.8 Å². The van der Waals surface area contributed by atoms with Crippen molar-refractivity contribution >= 4 is 28.4 Å². The number of ketones is 1. The second-order valence-corrected chi connectivity index (χ2v) is 9.55. The van der Waals surface area contributed by atoms with Crippen molar-refractivity contribution in [1.29, 1.82) is 0 Å². The van der Waals surface area contributed by atoms with E-state index in [4.69, 9.17) is 4.74 Å².